The van der Waals surface area contributed by atoms with E-state index >= 15 is 0 Å². The number of nitrogens with zero attached hydrogens (tertiary/aromatic N) is 2. The molecule has 0 saturated carbocycles. The molecule has 4 rings (SSSR count). The monoisotopic (exact) mass is 436 g/mol. The maximum absolute atomic E-state index is 6.15. The summed E-state index contributed by atoms with van der Waals surface area (Å²) in [6.45, 7) is 4.89. The van der Waals surface area contributed by atoms with E-state index in [4.69, 9.17) is 21.1 Å². The van der Waals surface area contributed by atoms with E-state index in [9.17, 15) is 0 Å². The SMILES string of the molecule is COc1ccc(CN2CCN(C(c3ccccc3)c3ccc(Cl)cc3)CC2)c(OC)c1. The summed E-state index contributed by atoms with van der Waals surface area (Å²) in [5.41, 5.74) is 3.78. The predicted octanol–water partition coefficient (Wildman–Crippen LogP) is 5.26. The number of ether oxygens (including phenoxy) is 2. The van der Waals surface area contributed by atoms with Crippen molar-refractivity contribution < 1.29 is 9.47 Å². The molecule has 1 fully saturated rings. The Morgan fingerprint density at radius 1 is 0.806 bits per heavy atom. The highest BCUT2D eigenvalue weighted by atomic mass is 35.5. The Bertz CT molecular complexity index is 970. The van der Waals surface area contributed by atoms with Crippen LogP contribution in [-0.4, -0.2) is 50.2 Å². The third-order valence-corrected chi connectivity index (χ3v) is 6.21. The summed E-state index contributed by atoms with van der Waals surface area (Å²) in [6, 6.07) is 25.3. The maximum atomic E-state index is 6.15. The van der Waals surface area contributed by atoms with Gasteiger partial charge < -0.3 is 9.47 Å². The van der Waals surface area contributed by atoms with E-state index in [0.717, 1.165) is 49.2 Å². The molecule has 1 atom stereocenters. The first kappa shape index (κ1) is 21.7. The zero-order chi connectivity index (χ0) is 21.6. The normalized spacial score (nSPS) is 16.1. The van der Waals surface area contributed by atoms with Crippen molar-refractivity contribution in [1.82, 2.24) is 9.80 Å². The van der Waals surface area contributed by atoms with Crippen molar-refractivity contribution in [1.29, 1.82) is 0 Å². The van der Waals surface area contributed by atoms with Crippen LogP contribution in [0.5, 0.6) is 11.5 Å². The van der Waals surface area contributed by atoms with Crippen LogP contribution in [0.3, 0.4) is 0 Å². The van der Waals surface area contributed by atoms with E-state index < -0.39 is 0 Å². The molecule has 0 N–H and O–H groups in total. The largest absolute Gasteiger partial charge is 0.497 e. The lowest BCUT2D eigenvalue weighted by Crippen LogP contribution is -2.47. The van der Waals surface area contributed by atoms with Crippen molar-refractivity contribution in [2.75, 3.05) is 40.4 Å². The maximum Gasteiger partial charge on any atom is 0.127 e. The fourth-order valence-electron chi connectivity index (χ4n) is 4.30. The molecule has 3 aromatic rings. The van der Waals surface area contributed by atoms with E-state index in [-0.39, 0.29) is 6.04 Å². The lowest BCUT2D eigenvalue weighted by molar-refractivity contribution is 0.104. The Morgan fingerprint density at radius 2 is 1.48 bits per heavy atom. The van der Waals surface area contributed by atoms with Crippen LogP contribution in [0.1, 0.15) is 22.7 Å². The lowest BCUT2D eigenvalue weighted by atomic mass is 9.96. The van der Waals surface area contributed by atoms with Crippen LogP contribution >= 0.6 is 11.6 Å². The smallest absolute Gasteiger partial charge is 0.127 e. The van der Waals surface area contributed by atoms with Gasteiger partial charge in [-0.15, -0.1) is 0 Å². The molecule has 0 radical (unpaired) electrons. The van der Waals surface area contributed by atoms with Crippen molar-refractivity contribution in [2.24, 2.45) is 0 Å². The van der Waals surface area contributed by atoms with Crippen molar-refractivity contribution in [3.63, 3.8) is 0 Å². The van der Waals surface area contributed by atoms with E-state index in [1.54, 1.807) is 14.2 Å². The van der Waals surface area contributed by atoms with Crippen molar-refractivity contribution >= 4 is 11.6 Å². The molecule has 4 nitrogen and oxygen atoms in total. The molecular weight excluding hydrogens is 408 g/mol. The third kappa shape index (κ3) is 5.21. The van der Waals surface area contributed by atoms with Crippen molar-refractivity contribution in [3.8, 4) is 11.5 Å². The van der Waals surface area contributed by atoms with Gasteiger partial charge in [-0.1, -0.05) is 60.1 Å². The summed E-state index contributed by atoms with van der Waals surface area (Å²) in [4.78, 5) is 5.06. The molecule has 0 bridgehead atoms. The average molecular weight is 437 g/mol. The summed E-state index contributed by atoms with van der Waals surface area (Å²) in [5, 5.41) is 0.772. The number of halogens is 1. The Balaban J connectivity index is 1.47. The van der Waals surface area contributed by atoms with E-state index in [2.05, 4.69) is 58.3 Å². The molecule has 0 aromatic heterocycles. The van der Waals surface area contributed by atoms with E-state index in [1.165, 1.54) is 16.7 Å². The molecule has 5 heteroatoms. The van der Waals surface area contributed by atoms with Gasteiger partial charge in [0.25, 0.3) is 0 Å². The second kappa shape index (κ2) is 10.2. The van der Waals surface area contributed by atoms with Crippen LogP contribution < -0.4 is 9.47 Å². The van der Waals surface area contributed by atoms with Gasteiger partial charge in [0.05, 0.1) is 20.3 Å². The molecular formula is C26H29ClN2O2. The molecule has 1 heterocycles. The van der Waals surface area contributed by atoms with Gasteiger partial charge in [0.2, 0.25) is 0 Å². The molecule has 31 heavy (non-hydrogen) atoms. The second-order valence-electron chi connectivity index (χ2n) is 7.85. The summed E-state index contributed by atoms with van der Waals surface area (Å²) >= 11 is 6.15. The predicted molar refractivity (Wildman–Crippen MR) is 126 cm³/mol. The first-order chi connectivity index (χ1) is 15.2. The molecule has 0 aliphatic carbocycles. The van der Waals surface area contributed by atoms with Gasteiger partial charge in [0, 0.05) is 49.4 Å². The first-order valence-corrected chi connectivity index (χ1v) is 11.0. The Labute approximate surface area is 190 Å². The summed E-state index contributed by atoms with van der Waals surface area (Å²) in [5.74, 6) is 1.70. The summed E-state index contributed by atoms with van der Waals surface area (Å²) in [6.07, 6.45) is 0. The van der Waals surface area contributed by atoms with Gasteiger partial charge >= 0.3 is 0 Å². The zero-order valence-corrected chi connectivity index (χ0v) is 18.9. The molecule has 1 aliphatic rings. The van der Waals surface area contributed by atoms with Gasteiger partial charge in [0.1, 0.15) is 11.5 Å². The van der Waals surface area contributed by atoms with Gasteiger partial charge in [-0.05, 0) is 29.3 Å². The van der Waals surface area contributed by atoms with Crippen LogP contribution in [-0.2, 0) is 6.54 Å². The second-order valence-corrected chi connectivity index (χ2v) is 8.29. The molecule has 0 amide bonds. The van der Waals surface area contributed by atoms with Crippen molar-refractivity contribution in [2.45, 2.75) is 12.6 Å². The third-order valence-electron chi connectivity index (χ3n) is 5.96. The van der Waals surface area contributed by atoms with Crippen LogP contribution in [0.2, 0.25) is 5.02 Å². The van der Waals surface area contributed by atoms with Gasteiger partial charge in [-0.3, -0.25) is 9.80 Å². The summed E-state index contributed by atoms with van der Waals surface area (Å²) in [7, 11) is 3.39. The van der Waals surface area contributed by atoms with Crippen LogP contribution in [0.4, 0.5) is 0 Å². The van der Waals surface area contributed by atoms with Gasteiger partial charge in [-0.2, -0.15) is 0 Å². The van der Waals surface area contributed by atoms with E-state index in [1.807, 2.05) is 24.3 Å². The minimum atomic E-state index is 0.233. The Morgan fingerprint density at radius 3 is 2.13 bits per heavy atom. The van der Waals surface area contributed by atoms with Crippen LogP contribution in [0.15, 0.2) is 72.8 Å². The topological polar surface area (TPSA) is 24.9 Å². The van der Waals surface area contributed by atoms with E-state index in [0.29, 0.717) is 0 Å². The number of methoxy groups -OCH3 is 2. The van der Waals surface area contributed by atoms with Crippen LogP contribution in [0.25, 0.3) is 0 Å². The standard InChI is InChI=1S/C26H29ClN2O2/c1-30-24-13-10-22(25(18-24)31-2)19-28-14-16-29(17-15-28)26(20-6-4-3-5-7-20)21-8-11-23(27)12-9-21/h3-13,18,26H,14-17,19H2,1-2H3. The minimum absolute atomic E-state index is 0.233. The molecule has 1 aliphatic heterocycles. The highest BCUT2D eigenvalue weighted by Gasteiger charge is 2.26. The molecule has 3 aromatic carbocycles. The minimum Gasteiger partial charge on any atom is -0.497 e. The van der Waals surface area contributed by atoms with Gasteiger partial charge in [0.15, 0.2) is 0 Å². The van der Waals surface area contributed by atoms with Gasteiger partial charge in [-0.25, -0.2) is 0 Å². The first-order valence-electron chi connectivity index (χ1n) is 10.7. The highest BCUT2D eigenvalue weighted by Crippen LogP contribution is 2.31. The number of piperazine rings is 1. The Hall–Kier alpha value is -2.53. The average Bonchev–Trinajstić information content (AvgIpc) is 2.82. The fraction of sp³-hybridized carbons (Fsp3) is 0.308. The molecule has 1 saturated heterocycles. The molecule has 0 spiro atoms. The number of rotatable bonds is 7. The quantitative estimate of drug-likeness (QED) is 0.504. The summed E-state index contributed by atoms with van der Waals surface area (Å²) < 4.78 is 10.9. The Kier molecular flexibility index (Phi) is 7.13. The number of hydrogen-bond donors (Lipinski definition) is 0. The molecule has 162 valence electrons. The zero-order valence-electron chi connectivity index (χ0n) is 18.1. The van der Waals surface area contributed by atoms with Crippen LogP contribution in [0, 0.1) is 0 Å². The number of benzene rings is 3. The number of hydrogen-bond acceptors (Lipinski definition) is 4. The highest BCUT2D eigenvalue weighted by molar-refractivity contribution is 6.30. The van der Waals surface area contributed by atoms with Crippen molar-refractivity contribution in [3.05, 3.63) is 94.5 Å². The molecule has 1 unspecified atom stereocenters. The fourth-order valence-corrected chi connectivity index (χ4v) is 4.42. The lowest BCUT2D eigenvalue weighted by Gasteiger charge is -2.40.